The number of benzene rings is 2. The largest absolute Gasteiger partial charge is 0.478 e. The van der Waals surface area contributed by atoms with Gasteiger partial charge < -0.3 is 25.3 Å². The second kappa shape index (κ2) is 12.2. The van der Waals surface area contributed by atoms with Crippen LogP contribution in [0.25, 0.3) is 11.4 Å². The lowest BCUT2D eigenvalue weighted by molar-refractivity contribution is -0.128. The lowest BCUT2D eigenvalue weighted by Gasteiger charge is -2.40. The van der Waals surface area contributed by atoms with E-state index in [-0.39, 0.29) is 18.0 Å². The standard InChI is InChI=1S/C31H39N7O5/c1-34-28(33-38(31(34)43)26-10-11-27(39)32-29(26)40)22-2-6-25(7-3-22)37-18-16-35(17-19-37)20-21-12-14-36(15-13-21)24-8-4-23(5-9-24)30(41)42/h2-9,21,26,29,40H,10-20H2,1H3,(H,32,39)(H,41,42). The average Bonchev–Trinajstić information content (AvgIpc) is 3.31. The third-order valence-electron chi connectivity index (χ3n) is 9.13. The van der Waals surface area contributed by atoms with E-state index in [2.05, 4.69) is 37.2 Å². The maximum absolute atomic E-state index is 12.9. The summed E-state index contributed by atoms with van der Waals surface area (Å²) in [6.07, 6.45) is 1.73. The molecule has 2 aromatic carbocycles. The molecule has 1 amide bonds. The first-order valence-corrected chi connectivity index (χ1v) is 15.1. The van der Waals surface area contributed by atoms with Gasteiger partial charge in [0.15, 0.2) is 5.82 Å². The predicted octanol–water partition coefficient (Wildman–Crippen LogP) is 1.76. The van der Waals surface area contributed by atoms with E-state index in [0.29, 0.717) is 23.7 Å². The number of carbonyl (C=O) groups is 2. The summed E-state index contributed by atoms with van der Waals surface area (Å²) < 4.78 is 2.77. The molecular formula is C31H39N7O5. The van der Waals surface area contributed by atoms with Crippen molar-refractivity contribution >= 4 is 23.3 Å². The Hall–Kier alpha value is -4.16. The highest BCUT2D eigenvalue weighted by Gasteiger charge is 2.32. The Labute approximate surface area is 250 Å². The monoisotopic (exact) mass is 589 g/mol. The van der Waals surface area contributed by atoms with Crippen LogP contribution in [0.5, 0.6) is 0 Å². The van der Waals surface area contributed by atoms with E-state index in [1.807, 2.05) is 24.3 Å². The molecule has 228 valence electrons. The number of carboxylic acids is 1. The second-order valence-electron chi connectivity index (χ2n) is 11.8. The van der Waals surface area contributed by atoms with Crippen LogP contribution in [0.15, 0.2) is 53.3 Å². The highest BCUT2D eigenvalue weighted by atomic mass is 16.4. The van der Waals surface area contributed by atoms with E-state index in [0.717, 1.165) is 75.6 Å². The SMILES string of the molecule is Cn1c(-c2ccc(N3CCN(CC4CCN(c5ccc(C(=O)O)cc5)CC4)CC3)cc2)nn(C2CCC(=O)NC2O)c1=O. The molecule has 0 spiro atoms. The van der Waals surface area contributed by atoms with Crippen LogP contribution >= 0.6 is 0 Å². The van der Waals surface area contributed by atoms with Gasteiger partial charge in [-0.15, -0.1) is 5.10 Å². The molecule has 2 unspecified atom stereocenters. The van der Waals surface area contributed by atoms with Gasteiger partial charge in [-0.1, -0.05) is 0 Å². The van der Waals surface area contributed by atoms with Crippen molar-refractivity contribution in [1.82, 2.24) is 24.6 Å². The van der Waals surface area contributed by atoms with E-state index in [1.54, 1.807) is 19.2 Å². The number of hydrogen-bond acceptors (Lipinski definition) is 8. The number of piperazine rings is 1. The third-order valence-corrected chi connectivity index (χ3v) is 9.13. The summed E-state index contributed by atoms with van der Waals surface area (Å²) in [5.74, 6) is 0.0647. The minimum Gasteiger partial charge on any atom is -0.478 e. The summed E-state index contributed by atoms with van der Waals surface area (Å²) in [4.78, 5) is 42.9. The van der Waals surface area contributed by atoms with Gasteiger partial charge in [-0.05, 0) is 73.7 Å². The van der Waals surface area contributed by atoms with Crippen LogP contribution in [0.2, 0.25) is 0 Å². The number of nitrogens with zero attached hydrogens (tertiary/aromatic N) is 6. The number of hydrogen-bond donors (Lipinski definition) is 3. The number of anilines is 2. The Kier molecular flexibility index (Phi) is 8.22. The topological polar surface area (TPSA) is 136 Å². The maximum Gasteiger partial charge on any atom is 0.346 e. The normalized spacial score (nSPS) is 22.0. The molecule has 3 N–H and O–H groups in total. The Balaban J connectivity index is 0.999. The molecule has 0 radical (unpaired) electrons. The van der Waals surface area contributed by atoms with Crippen LogP contribution < -0.4 is 20.8 Å². The Morgan fingerprint density at radius 1 is 0.884 bits per heavy atom. The van der Waals surface area contributed by atoms with Gasteiger partial charge in [0.25, 0.3) is 0 Å². The summed E-state index contributed by atoms with van der Waals surface area (Å²) in [5.41, 5.74) is 3.05. The number of carboxylic acid groups (broad SMARTS) is 1. The molecule has 6 rings (SSSR count). The van der Waals surface area contributed by atoms with Gasteiger partial charge in [-0.25, -0.2) is 14.3 Å². The second-order valence-corrected chi connectivity index (χ2v) is 11.8. The first-order chi connectivity index (χ1) is 20.8. The van der Waals surface area contributed by atoms with Crippen molar-refractivity contribution in [3.05, 3.63) is 64.6 Å². The van der Waals surface area contributed by atoms with Gasteiger partial charge >= 0.3 is 11.7 Å². The lowest BCUT2D eigenvalue weighted by Crippen LogP contribution is -2.49. The van der Waals surface area contributed by atoms with E-state index in [1.165, 1.54) is 9.25 Å². The minimum absolute atomic E-state index is 0.228. The van der Waals surface area contributed by atoms with E-state index < -0.39 is 18.2 Å². The molecule has 43 heavy (non-hydrogen) atoms. The Morgan fingerprint density at radius 2 is 1.49 bits per heavy atom. The summed E-state index contributed by atoms with van der Waals surface area (Å²) in [7, 11) is 1.67. The number of aromatic nitrogens is 3. The molecule has 0 saturated carbocycles. The molecule has 12 heteroatoms. The first kappa shape index (κ1) is 28.9. The fourth-order valence-corrected chi connectivity index (χ4v) is 6.51. The van der Waals surface area contributed by atoms with E-state index in [9.17, 15) is 19.5 Å². The van der Waals surface area contributed by atoms with E-state index in [4.69, 9.17) is 5.11 Å². The number of aliphatic hydroxyl groups is 1. The molecule has 3 aromatic rings. The van der Waals surface area contributed by atoms with E-state index >= 15 is 0 Å². The van der Waals surface area contributed by atoms with Crippen LogP contribution in [0.4, 0.5) is 11.4 Å². The van der Waals surface area contributed by atoms with Gasteiger partial charge in [0.05, 0.1) is 5.56 Å². The number of carbonyl (C=O) groups excluding carboxylic acids is 1. The molecule has 3 saturated heterocycles. The zero-order valence-electron chi connectivity index (χ0n) is 24.4. The van der Waals surface area contributed by atoms with Gasteiger partial charge in [0, 0.05) is 76.2 Å². The smallest absolute Gasteiger partial charge is 0.346 e. The quantitative estimate of drug-likeness (QED) is 0.377. The van der Waals surface area contributed by atoms with Crippen molar-refractivity contribution in [2.45, 2.75) is 38.0 Å². The van der Waals surface area contributed by atoms with Crippen LogP contribution in [0, 0.1) is 5.92 Å². The maximum atomic E-state index is 12.9. The molecule has 3 fully saturated rings. The first-order valence-electron chi connectivity index (χ1n) is 15.1. The number of piperidine rings is 2. The summed E-state index contributed by atoms with van der Waals surface area (Å²) in [6.45, 7) is 7.01. The van der Waals surface area contributed by atoms with Crippen molar-refractivity contribution in [2.75, 3.05) is 55.6 Å². The highest BCUT2D eigenvalue weighted by Crippen LogP contribution is 2.27. The number of nitrogens with one attached hydrogen (secondary N) is 1. The van der Waals surface area contributed by atoms with Crippen molar-refractivity contribution in [3.8, 4) is 11.4 Å². The highest BCUT2D eigenvalue weighted by molar-refractivity contribution is 5.88. The van der Waals surface area contributed by atoms with Crippen LogP contribution in [-0.4, -0.2) is 93.4 Å². The predicted molar refractivity (Wildman–Crippen MR) is 162 cm³/mol. The molecule has 3 aliphatic rings. The van der Waals surface area contributed by atoms with Gasteiger partial charge in [-0.2, -0.15) is 0 Å². The van der Waals surface area contributed by atoms with Crippen molar-refractivity contribution in [1.29, 1.82) is 0 Å². The zero-order chi connectivity index (χ0) is 30.1. The van der Waals surface area contributed by atoms with Crippen LogP contribution in [-0.2, 0) is 11.8 Å². The van der Waals surface area contributed by atoms with Crippen LogP contribution in [0.3, 0.4) is 0 Å². The number of amides is 1. The Morgan fingerprint density at radius 3 is 2.09 bits per heavy atom. The number of aliphatic hydroxyl groups excluding tert-OH is 1. The number of rotatable bonds is 7. The lowest BCUT2D eigenvalue weighted by atomic mass is 9.95. The average molecular weight is 590 g/mol. The molecule has 4 heterocycles. The fourth-order valence-electron chi connectivity index (χ4n) is 6.51. The number of aromatic carboxylic acids is 1. The molecule has 2 atom stereocenters. The molecule has 1 aromatic heterocycles. The molecule has 0 bridgehead atoms. The van der Waals surface area contributed by atoms with Gasteiger partial charge in [0.2, 0.25) is 5.91 Å². The molecule has 12 nitrogen and oxygen atoms in total. The van der Waals surface area contributed by atoms with Crippen LogP contribution in [0.1, 0.15) is 42.1 Å². The van der Waals surface area contributed by atoms with Gasteiger partial charge in [0.1, 0.15) is 12.3 Å². The Bertz CT molecular complexity index is 1500. The minimum atomic E-state index is -1.14. The third kappa shape index (κ3) is 6.16. The van der Waals surface area contributed by atoms with Gasteiger partial charge in [-0.3, -0.25) is 14.3 Å². The zero-order valence-corrected chi connectivity index (χ0v) is 24.4. The summed E-state index contributed by atoms with van der Waals surface area (Å²) in [5, 5.41) is 26.4. The summed E-state index contributed by atoms with van der Waals surface area (Å²) >= 11 is 0. The molecule has 3 aliphatic heterocycles. The van der Waals surface area contributed by atoms with Crippen molar-refractivity contribution in [2.24, 2.45) is 13.0 Å². The molecular weight excluding hydrogens is 550 g/mol. The molecule has 0 aliphatic carbocycles. The fraction of sp³-hybridized carbons (Fsp3) is 0.484. The van der Waals surface area contributed by atoms with Crippen molar-refractivity contribution < 1.29 is 19.8 Å². The van der Waals surface area contributed by atoms with Crippen molar-refractivity contribution in [3.63, 3.8) is 0 Å². The summed E-state index contributed by atoms with van der Waals surface area (Å²) in [6, 6.07) is 14.7.